The summed E-state index contributed by atoms with van der Waals surface area (Å²) in [5.74, 6) is 1.80. The summed E-state index contributed by atoms with van der Waals surface area (Å²) < 4.78 is 24.7. The molecule has 2 heterocycles. The average Bonchev–Trinajstić information content (AvgIpc) is 3.45. The number of rotatable bonds is 7. The van der Waals surface area contributed by atoms with Gasteiger partial charge in [0.05, 0.1) is 45.4 Å². The molecule has 1 fully saturated rings. The topological polar surface area (TPSA) is 54.2 Å². The van der Waals surface area contributed by atoms with E-state index in [1.165, 1.54) is 0 Å². The zero-order valence-corrected chi connectivity index (χ0v) is 19.3. The van der Waals surface area contributed by atoms with Gasteiger partial charge in [-0.1, -0.05) is 11.6 Å². The fraction of sp³-hybridized carbons (Fsp3) is 0.348. The molecular weight excluding hydrogens is 436 g/mol. The third-order valence-electron chi connectivity index (χ3n) is 5.22. The Morgan fingerprint density at radius 3 is 2.39 bits per heavy atom. The molecule has 4 rings (SSSR count). The van der Waals surface area contributed by atoms with Crippen molar-refractivity contribution < 1.29 is 18.9 Å². The zero-order valence-electron chi connectivity index (χ0n) is 17.8. The van der Waals surface area contributed by atoms with Gasteiger partial charge in [-0.2, -0.15) is 0 Å². The maximum atomic E-state index is 6.03. The lowest BCUT2D eigenvalue weighted by atomic mass is 10.1. The summed E-state index contributed by atoms with van der Waals surface area (Å²) in [6.45, 7) is 1.53. The summed E-state index contributed by atoms with van der Waals surface area (Å²) in [4.78, 5) is 5.76. The van der Waals surface area contributed by atoms with Crippen LogP contribution < -0.4 is 19.0 Å². The number of methoxy groups -OCH3 is 3. The molecule has 0 amide bonds. The van der Waals surface area contributed by atoms with Gasteiger partial charge in [0.1, 0.15) is 0 Å². The summed E-state index contributed by atoms with van der Waals surface area (Å²) in [5.41, 5.74) is 2.83. The van der Waals surface area contributed by atoms with E-state index in [1.54, 1.807) is 32.7 Å². The summed E-state index contributed by atoms with van der Waals surface area (Å²) in [6, 6.07) is 11.4. The van der Waals surface area contributed by atoms with Gasteiger partial charge in [-0.25, -0.2) is 4.99 Å². The van der Waals surface area contributed by atoms with Gasteiger partial charge in [-0.3, -0.25) is 0 Å². The molecule has 0 bridgehead atoms. The number of thiazole rings is 1. The van der Waals surface area contributed by atoms with Gasteiger partial charge in [0.2, 0.25) is 5.75 Å². The predicted octanol–water partition coefficient (Wildman–Crippen LogP) is 5.31. The molecule has 1 saturated heterocycles. The Morgan fingerprint density at radius 1 is 1.10 bits per heavy atom. The number of ether oxygens (including phenoxy) is 4. The van der Waals surface area contributed by atoms with Gasteiger partial charge >= 0.3 is 0 Å². The van der Waals surface area contributed by atoms with Crippen molar-refractivity contribution in [3.8, 4) is 28.5 Å². The second kappa shape index (κ2) is 9.77. The van der Waals surface area contributed by atoms with E-state index >= 15 is 0 Å². The number of benzene rings is 2. The molecule has 0 spiro atoms. The number of nitrogens with zero attached hydrogens (tertiary/aromatic N) is 2. The highest BCUT2D eigenvalue weighted by molar-refractivity contribution is 7.07. The quantitative estimate of drug-likeness (QED) is 0.479. The Labute approximate surface area is 190 Å². The van der Waals surface area contributed by atoms with Crippen LogP contribution >= 0.6 is 22.9 Å². The number of halogens is 1. The van der Waals surface area contributed by atoms with Crippen LogP contribution in [0.25, 0.3) is 11.3 Å². The van der Waals surface area contributed by atoms with Crippen LogP contribution in [0.3, 0.4) is 0 Å². The van der Waals surface area contributed by atoms with Crippen molar-refractivity contribution in [1.29, 1.82) is 0 Å². The van der Waals surface area contributed by atoms with Crippen molar-refractivity contribution in [1.82, 2.24) is 4.57 Å². The van der Waals surface area contributed by atoms with Crippen LogP contribution in [-0.2, 0) is 11.3 Å². The van der Waals surface area contributed by atoms with Crippen molar-refractivity contribution in [2.75, 3.05) is 27.9 Å². The Hall–Kier alpha value is -2.48. The van der Waals surface area contributed by atoms with Gasteiger partial charge in [0.15, 0.2) is 16.3 Å². The monoisotopic (exact) mass is 460 g/mol. The molecule has 0 N–H and O–H groups in total. The highest BCUT2D eigenvalue weighted by Gasteiger charge is 2.21. The minimum Gasteiger partial charge on any atom is -0.493 e. The smallest absolute Gasteiger partial charge is 0.203 e. The second-order valence-corrected chi connectivity index (χ2v) is 8.42. The molecule has 1 aliphatic rings. The summed E-state index contributed by atoms with van der Waals surface area (Å²) in [6.07, 6.45) is 2.29. The number of aromatic nitrogens is 1. The molecule has 3 aromatic rings. The molecule has 31 heavy (non-hydrogen) atoms. The van der Waals surface area contributed by atoms with Crippen molar-refractivity contribution in [2.24, 2.45) is 4.99 Å². The molecule has 0 aliphatic carbocycles. The lowest BCUT2D eigenvalue weighted by Crippen LogP contribution is -2.24. The molecule has 1 aliphatic heterocycles. The predicted molar refractivity (Wildman–Crippen MR) is 123 cm³/mol. The number of hydrogen-bond acceptors (Lipinski definition) is 6. The first-order valence-corrected chi connectivity index (χ1v) is 11.3. The van der Waals surface area contributed by atoms with Gasteiger partial charge in [0.25, 0.3) is 0 Å². The van der Waals surface area contributed by atoms with Crippen LogP contribution in [0, 0.1) is 0 Å². The highest BCUT2D eigenvalue weighted by atomic mass is 35.5. The summed E-state index contributed by atoms with van der Waals surface area (Å²) in [5, 5.41) is 2.79. The van der Waals surface area contributed by atoms with E-state index in [0.29, 0.717) is 22.3 Å². The van der Waals surface area contributed by atoms with Crippen molar-refractivity contribution in [2.45, 2.75) is 25.5 Å². The van der Waals surface area contributed by atoms with Crippen LogP contribution in [0.15, 0.2) is 46.8 Å². The largest absolute Gasteiger partial charge is 0.493 e. The van der Waals surface area contributed by atoms with Crippen LogP contribution in [0.1, 0.15) is 12.8 Å². The Kier molecular flexibility index (Phi) is 6.85. The van der Waals surface area contributed by atoms with Crippen LogP contribution in [0.5, 0.6) is 17.2 Å². The second-order valence-electron chi connectivity index (χ2n) is 7.15. The summed E-state index contributed by atoms with van der Waals surface area (Å²) >= 11 is 7.62. The minimum absolute atomic E-state index is 0.166. The van der Waals surface area contributed by atoms with Gasteiger partial charge in [-0.15, -0.1) is 11.3 Å². The van der Waals surface area contributed by atoms with Crippen LogP contribution in [-0.4, -0.2) is 38.6 Å². The van der Waals surface area contributed by atoms with Crippen molar-refractivity contribution in [3.63, 3.8) is 0 Å². The maximum Gasteiger partial charge on any atom is 0.203 e. The Morgan fingerprint density at radius 2 is 1.81 bits per heavy atom. The molecule has 6 nitrogen and oxygen atoms in total. The van der Waals surface area contributed by atoms with Gasteiger partial charge in [0, 0.05) is 22.6 Å². The van der Waals surface area contributed by atoms with E-state index in [4.69, 9.17) is 35.5 Å². The lowest BCUT2D eigenvalue weighted by Gasteiger charge is -2.17. The summed E-state index contributed by atoms with van der Waals surface area (Å²) in [7, 11) is 4.85. The lowest BCUT2D eigenvalue weighted by molar-refractivity contribution is 0.0968. The van der Waals surface area contributed by atoms with Crippen LogP contribution in [0.4, 0.5) is 5.69 Å². The Bertz CT molecular complexity index is 1080. The fourth-order valence-electron chi connectivity index (χ4n) is 3.67. The van der Waals surface area contributed by atoms with Crippen LogP contribution in [0.2, 0.25) is 5.02 Å². The SMILES string of the molecule is COc1cc(-c2csc(=Nc3ccc(Cl)cc3)n2CC2CCCO2)cc(OC)c1OC. The maximum absolute atomic E-state index is 6.03. The van der Waals surface area contributed by atoms with E-state index in [9.17, 15) is 0 Å². The van der Waals surface area contributed by atoms with Gasteiger partial charge < -0.3 is 23.5 Å². The van der Waals surface area contributed by atoms with E-state index in [-0.39, 0.29) is 6.10 Å². The minimum atomic E-state index is 0.166. The molecule has 8 heteroatoms. The standard InChI is InChI=1S/C23H25ClN2O4S/c1-27-20-11-15(12-21(28-2)22(20)29-3)19-14-31-23(25-17-8-6-16(24)7-9-17)26(19)13-18-5-4-10-30-18/h6-9,11-12,14,18H,4-5,10,13H2,1-3H3. The normalized spacial score (nSPS) is 16.5. The third-order valence-corrected chi connectivity index (χ3v) is 6.34. The molecule has 1 unspecified atom stereocenters. The van der Waals surface area contributed by atoms with Crippen molar-refractivity contribution >= 4 is 28.6 Å². The zero-order chi connectivity index (χ0) is 21.8. The number of hydrogen-bond donors (Lipinski definition) is 0. The fourth-order valence-corrected chi connectivity index (χ4v) is 4.74. The highest BCUT2D eigenvalue weighted by Crippen LogP contribution is 2.41. The van der Waals surface area contributed by atoms with E-state index < -0.39 is 0 Å². The molecule has 1 atom stereocenters. The first kappa shape index (κ1) is 21.7. The van der Waals surface area contributed by atoms with Crippen molar-refractivity contribution in [3.05, 3.63) is 51.6 Å². The molecule has 1 aromatic heterocycles. The Balaban J connectivity index is 1.84. The first-order valence-electron chi connectivity index (χ1n) is 10.0. The van der Waals surface area contributed by atoms with Gasteiger partial charge in [-0.05, 0) is 49.2 Å². The molecule has 0 saturated carbocycles. The average molecular weight is 461 g/mol. The van der Waals surface area contributed by atoms with E-state index in [0.717, 1.165) is 47.7 Å². The molecule has 164 valence electrons. The third kappa shape index (κ3) is 4.74. The van der Waals surface area contributed by atoms with E-state index in [2.05, 4.69) is 9.95 Å². The van der Waals surface area contributed by atoms with E-state index in [1.807, 2.05) is 36.4 Å². The first-order chi connectivity index (χ1) is 15.1. The molecule has 0 radical (unpaired) electrons. The molecular formula is C23H25ClN2O4S. The molecule has 2 aromatic carbocycles.